The molecule has 2 aromatic heterocycles. The molecular formula is C48H58N8O6. The van der Waals surface area contributed by atoms with Gasteiger partial charge >= 0.3 is 11.9 Å². The zero-order valence-corrected chi connectivity index (χ0v) is 35.3. The molecule has 0 radical (unpaired) electrons. The molecule has 62 heavy (non-hydrogen) atoms. The third kappa shape index (κ3) is 11.0. The zero-order valence-electron chi connectivity index (χ0n) is 35.3. The van der Waals surface area contributed by atoms with E-state index >= 15 is 0 Å². The zero-order chi connectivity index (χ0) is 42.8. The number of hydrogen-bond acceptors (Lipinski definition) is 11. The van der Waals surface area contributed by atoms with Gasteiger partial charge in [-0.3, -0.25) is 24.2 Å². The number of pyridine rings is 2. The van der Waals surface area contributed by atoms with Crippen LogP contribution < -0.4 is 26.0 Å². The molecule has 14 nitrogen and oxygen atoms in total. The first-order valence-corrected chi connectivity index (χ1v) is 22.4. The summed E-state index contributed by atoms with van der Waals surface area (Å²) in [7, 11) is 0. The molecule has 0 aliphatic carbocycles. The summed E-state index contributed by atoms with van der Waals surface area (Å²) in [5.41, 5.74) is 5.69. The summed E-state index contributed by atoms with van der Waals surface area (Å²) < 4.78 is 6.04. The lowest BCUT2D eigenvalue weighted by Gasteiger charge is -2.27. The van der Waals surface area contributed by atoms with E-state index in [-0.39, 0.29) is 29.6 Å². The molecule has 0 unspecified atom stereocenters. The highest BCUT2D eigenvalue weighted by Crippen LogP contribution is 2.31. The Morgan fingerprint density at radius 3 is 1.81 bits per heavy atom. The number of hydrogen-bond donors (Lipinski definition) is 5. The Hall–Kier alpha value is -5.86. The molecule has 4 atom stereocenters. The Balaban J connectivity index is 0.830. The van der Waals surface area contributed by atoms with E-state index in [1.54, 1.807) is 24.3 Å². The standard InChI is InChI=1S/C48H58N8O6/c57-41(17-5-14-36-21-19-33-12-7-25-49-45(33)53-36)51-38-23-27-55(30-38)43(47(59)60)35-11-4-16-40(29-35)62-48(61)44(32-9-2-1-3-10-32)56-28-24-39(31-56)52-42(58)18-6-15-37-22-20-34-13-8-26-50-46(34)54-37/h1-4,9-11,16,19-22,29,38-39,43-44H,5-8,12-15,17-18,23-28,30-31H2,(H,49,53)(H,50,54)(H,51,57)(H,52,58)(H,59,60)/t38-,39-,43-,44+/m1/s1. The van der Waals surface area contributed by atoms with Crippen LogP contribution in [0.5, 0.6) is 5.75 Å². The summed E-state index contributed by atoms with van der Waals surface area (Å²) >= 11 is 0. The second-order valence-corrected chi connectivity index (χ2v) is 17.0. The van der Waals surface area contributed by atoms with Gasteiger partial charge in [-0.15, -0.1) is 0 Å². The number of aromatic nitrogens is 2. The second kappa shape index (κ2) is 20.3. The van der Waals surface area contributed by atoms with Crippen LogP contribution >= 0.6 is 0 Å². The van der Waals surface area contributed by atoms with E-state index in [1.165, 1.54) is 11.1 Å². The van der Waals surface area contributed by atoms with Crippen LogP contribution in [0.4, 0.5) is 11.6 Å². The highest BCUT2D eigenvalue weighted by molar-refractivity contribution is 5.81. The number of carboxylic acids is 1. The second-order valence-electron chi connectivity index (χ2n) is 17.0. The summed E-state index contributed by atoms with van der Waals surface area (Å²) in [4.78, 5) is 66.2. The maximum absolute atomic E-state index is 14.1. The Labute approximate surface area is 363 Å². The van der Waals surface area contributed by atoms with Gasteiger partial charge in [-0.25, -0.2) is 14.8 Å². The van der Waals surface area contributed by atoms with E-state index in [1.807, 2.05) is 46.2 Å². The highest BCUT2D eigenvalue weighted by atomic mass is 16.5. The Morgan fingerprint density at radius 1 is 0.694 bits per heavy atom. The van der Waals surface area contributed by atoms with Gasteiger partial charge in [0.05, 0.1) is 0 Å². The predicted octanol–water partition coefficient (Wildman–Crippen LogP) is 5.39. The summed E-state index contributed by atoms with van der Waals surface area (Å²) in [5.74, 6) is 0.591. The van der Waals surface area contributed by atoms with E-state index in [4.69, 9.17) is 14.7 Å². The maximum Gasteiger partial charge on any atom is 0.333 e. The Morgan fingerprint density at radius 2 is 1.24 bits per heavy atom. The lowest BCUT2D eigenvalue weighted by atomic mass is 10.0. The number of benzene rings is 2. The van der Waals surface area contributed by atoms with Crippen LogP contribution in [0.3, 0.4) is 0 Å². The molecule has 2 fully saturated rings. The van der Waals surface area contributed by atoms with Gasteiger partial charge in [-0.2, -0.15) is 0 Å². The minimum absolute atomic E-state index is 0.0181. The van der Waals surface area contributed by atoms with E-state index in [0.29, 0.717) is 76.7 Å². The van der Waals surface area contributed by atoms with Crippen molar-refractivity contribution in [3.63, 3.8) is 0 Å². The number of fused-ring (bicyclic) bond motifs is 2. The fourth-order valence-corrected chi connectivity index (χ4v) is 9.32. The van der Waals surface area contributed by atoms with Crippen molar-refractivity contribution in [3.05, 3.63) is 113 Å². The number of anilines is 2. The van der Waals surface area contributed by atoms with Crippen LogP contribution in [0.15, 0.2) is 78.9 Å². The number of rotatable bonds is 17. The van der Waals surface area contributed by atoms with Crippen molar-refractivity contribution in [3.8, 4) is 5.75 Å². The van der Waals surface area contributed by atoms with Crippen LogP contribution in [0.25, 0.3) is 0 Å². The molecule has 2 saturated heterocycles. The minimum Gasteiger partial charge on any atom is -0.480 e. The number of ether oxygens (including phenoxy) is 1. The van der Waals surface area contributed by atoms with E-state index in [2.05, 4.69) is 39.5 Å². The van der Waals surface area contributed by atoms with Crippen molar-refractivity contribution >= 4 is 35.4 Å². The summed E-state index contributed by atoms with van der Waals surface area (Å²) in [6.07, 6.45) is 9.16. The molecule has 0 bridgehead atoms. The van der Waals surface area contributed by atoms with Gasteiger partial charge < -0.3 is 31.1 Å². The SMILES string of the molecule is O=C(CCCc1ccc2c(n1)NCCC2)N[C@@H]1CCN([C@H](C(=O)Oc2cccc([C@H](C(=O)O)N3CC[C@@H](NC(=O)CCCc4ccc5c(n4)NCCC5)C3)c2)c2ccccc2)C1. The molecule has 6 heterocycles. The normalized spacial score (nSPS) is 19.5. The molecule has 2 amide bonds. The predicted molar refractivity (Wildman–Crippen MR) is 236 cm³/mol. The van der Waals surface area contributed by atoms with Crippen molar-refractivity contribution in [2.24, 2.45) is 0 Å². The van der Waals surface area contributed by atoms with Crippen molar-refractivity contribution in [1.29, 1.82) is 0 Å². The summed E-state index contributed by atoms with van der Waals surface area (Å²) in [6, 6.07) is 22.5. The van der Waals surface area contributed by atoms with Gasteiger partial charge in [0.1, 0.15) is 29.5 Å². The van der Waals surface area contributed by atoms with Crippen molar-refractivity contribution in [1.82, 2.24) is 30.4 Å². The van der Waals surface area contributed by atoms with E-state index in [0.717, 1.165) is 73.8 Å². The summed E-state index contributed by atoms with van der Waals surface area (Å²) in [6.45, 7) is 3.81. The number of amides is 2. The van der Waals surface area contributed by atoms with Gasteiger partial charge in [0.25, 0.3) is 0 Å². The molecule has 2 aromatic carbocycles. The molecule has 0 saturated carbocycles. The van der Waals surface area contributed by atoms with Gasteiger partial charge in [0.2, 0.25) is 11.8 Å². The first-order chi connectivity index (χ1) is 30.3. The smallest absolute Gasteiger partial charge is 0.333 e. The van der Waals surface area contributed by atoms with Crippen LogP contribution in [0.2, 0.25) is 0 Å². The molecule has 0 spiro atoms. The molecule has 8 rings (SSSR count). The lowest BCUT2D eigenvalue weighted by molar-refractivity contribution is -0.143. The lowest BCUT2D eigenvalue weighted by Crippen LogP contribution is -2.40. The topological polar surface area (TPSA) is 178 Å². The van der Waals surface area contributed by atoms with Crippen molar-refractivity contribution < 1.29 is 29.0 Å². The van der Waals surface area contributed by atoms with Crippen LogP contribution in [-0.2, 0) is 44.9 Å². The minimum atomic E-state index is -1.02. The molecule has 14 heteroatoms. The average molecular weight is 843 g/mol. The third-order valence-electron chi connectivity index (χ3n) is 12.4. The maximum atomic E-state index is 14.1. The van der Waals surface area contributed by atoms with Crippen molar-refractivity contribution in [2.75, 3.05) is 49.9 Å². The number of aryl methyl sites for hydroxylation is 4. The Bertz CT molecular complexity index is 2220. The van der Waals surface area contributed by atoms with Gasteiger partial charge in [-0.1, -0.05) is 54.6 Å². The van der Waals surface area contributed by atoms with Gasteiger partial charge in [0, 0.05) is 75.6 Å². The first kappa shape index (κ1) is 42.8. The molecule has 4 aliphatic rings. The largest absolute Gasteiger partial charge is 0.480 e. The number of carbonyl (C=O) groups excluding carboxylic acids is 3. The van der Waals surface area contributed by atoms with Gasteiger partial charge in [-0.05, 0) is 111 Å². The third-order valence-corrected chi connectivity index (χ3v) is 12.4. The first-order valence-electron chi connectivity index (χ1n) is 22.4. The van der Waals surface area contributed by atoms with Crippen LogP contribution in [-0.4, -0.2) is 100.0 Å². The number of aliphatic carboxylic acids is 1. The van der Waals surface area contributed by atoms with Crippen molar-refractivity contribution in [2.45, 2.75) is 101 Å². The fourth-order valence-electron chi connectivity index (χ4n) is 9.32. The quantitative estimate of drug-likeness (QED) is 0.0678. The molecule has 4 aliphatic heterocycles. The monoisotopic (exact) mass is 842 g/mol. The number of esters is 1. The number of carbonyl (C=O) groups is 4. The molecule has 326 valence electrons. The molecule has 4 aromatic rings. The van der Waals surface area contributed by atoms with E-state index in [9.17, 15) is 24.3 Å². The van der Waals surface area contributed by atoms with Crippen LogP contribution in [0.1, 0.15) is 97.1 Å². The molecule has 5 N–H and O–H groups in total. The highest BCUT2D eigenvalue weighted by Gasteiger charge is 2.37. The van der Waals surface area contributed by atoms with Crippen LogP contribution in [0, 0.1) is 0 Å². The fraction of sp³-hybridized carbons (Fsp3) is 0.458. The number of likely N-dealkylation sites (tertiary alicyclic amines) is 2. The average Bonchev–Trinajstić information content (AvgIpc) is 3.93. The number of nitrogens with one attached hydrogen (secondary N) is 4. The number of carboxylic acid groups (broad SMARTS) is 1. The van der Waals surface area contributed by atoms with Gasteiger partial charge in [0.15, 0.2) is 0 Å². The Kier molecular flexibility index (Phi) is 14.0. The summed E-state index contributed by atoms with van der Waals surface area (Å²) in [5, 5.41) is 23.5. The molecular weight excluding hydrogens is 785 g/mol. The van der Waals surface area contributed by atoms with E-state index < -0.39 is 24.0 Å². The number of nitrogens with zero attached hydrogens (tertiary/aromatic N) is 4.